The van der Waals surface area contributed by atoms with Crippen molar-refractivity contribution < 1.29 is 13.2 Å². The zero-order valence-corrected chi connectivity index (χ0v) is 14.3. The molecule has 0 amide bonds. The van der Waals surface area contributed by atoms with Gasteiger partial charge in [0, 0.05) is 11.6 Å². The van der Waals surface area contributed by atoms with Gasteiger partial charge in [0.2, 0.25) is 0 Å². The van der Waals surface area contributed by atoms with E-state index >= 15 is 0 Å². The standard InChI is InChI=1S/C22H18F3N/c1-16(20-13-5-10-18-9-2-3-12-21(18)20)26-14-6-8-17-7-4-11-19(15-17)22(23,24)25/h2-5,7,9-13,15-16,26H,14H2,1H3/t16-/m0/s1. The molecule has 0 spiro atoms. The van der Waals surface area contributed by atoms with E-state index in [0.29, 0.717) is 12.1 Å². The first-order chi connectivity index (χ1) is 12.4. The first-order valence-electron chi connectivity index (χ1n) is 8.32. The second kappa shape index (κ2) is 7.63. The van der Waals surface area contributed by atoms with Crippen molar-refractivity contribution in [2.45, 2.75) is 19.1 Å². The molecule has 3 rings (SSSR count). The van der Waals surface area contributed by atoms with E-state index in [1.54, 1.807) is 6.07 Å². The molecular weight excluding hydrogens is 335 g/mol. The highest BCUT2D eigenvalue weighted by Gasteiger charge is 2.30. The topological polar surface area (TPSA) is 12.0 Å². The average molecular weight is 353 g/mol. The zero-order valence-electron chi connectivity index (χ0n) is 14.3. The molecule has 0 heterocycles. The van der Waals surface area contributed by atoms with Crippen molar-refractivity contribution in [1.82, 2.24) is 5.32 Å². The Morgan fingerprint density at radius 1 is 0.962 bits per heavy atom. The van der Waals surface area contributed by atoms with E-state index in [1.807, 2.05) is 25.1 Å². The van der Waals surface area contributed by atoms with Crippen LogP contribution >= 0.6 is 0 Å². The molecule has 0 unspecified atom stereocenters. The number of rotatable bonds is 3. The summed E-state index contributed by atoms with van der Waals surface area (Å²) in [4.78, 5) is 0. The quantitative estimate of drug-likeness (QED) is 0.608. The van der Waals surface area contributed by atoms with Gasteiger partial charge in [-0.3, -0.25) is 5.32 Å². The largest absolute Gasteiger partial charge is 0.416 e. The molecule has 0 saturated heterocycles. The first-order valence-corrected chi connectivity index (χ1v) is 8.32. The highest BCUT2D eigenvalue weighted by Crippen LogP contribution is 2.29. The van der Waals surface area contributed by atoms with Gasteiger partial charge in [-0.2, -0.15) is 13.2 Å². The summed E-state index contributed by atoms with van der Waals surface area (Å²) in [5.74, 6) is 5.69. The Morgan fingerprint density at radius 2 is 1.69 bits per heavy atom. The van der Waals surface area contributed by atoms with Crippen LogP contribution in [0.4, 0.5) is 13.2 Å². The maximum atomic E-state index is 12.7. The van der Waals surface area contributed by atoms with Gasteiger partial charge >= 0.3 is 6.18 Å². The van der Waals surface area contributed by atoms with Crippen LogP contribution in [0, 0.1) is 11.8 Å². The van der Waals surface area contributed by atoms with Crippen molar-refractivity contribution in [2.75, 3.05) is 6.54 Å². The minimum atomic E-state index is -4.35. The molecule has 0 saturated carbocycles. The lowest BCUT2D eigenvalue weighted by Gasteiger charge is -2.15. The second-order valence-corrected chi connectivity index (χ2v) is 6.05. The lowest BCUT2D eigenvalue weighted by atomic mass is 10.00. The third kappa shape index (κ3) is 4.25. The molecular formula is C22H18F3N. The molecule has 1 N–H and O–H groups in total. The van der Waals surface area contributed by atoms with Crippen molar-refractivity contribution in [3.05, 3.63) is 83.4 Å². The van der Waals surface area contributed by atoms with E-state index in [0.717, 1.165) is 12.1 Å². The lowest BCUT2D eigenvalue weighted by Crippen LogP contribution is -2.19. The fourth-order valence-electron chi connectivity index (χ4n) is 2.86. The van der Waals surface area contributed by atoms with Crippen molar-refractivity contribution in [3.63, 3.8) is 0 Å². The smallest absolute Gasteiger partial charge is 0.300 e. The first kappa shape index (κ1) is 18.0. The average Bonchev–Trinajstić information content (AvgIpc) is 2.64. The molecule has 0 aliphatic heterocycles. The highest BCUT2D eigenvalue weighted by molar-refractivity contribution is 5.86. The summed E-state index contributed by atoms with van der Waals surface area (Å²) in [7, 11) is 0. The highest BCUT2D eigenvalue weighted by atomic mass is 19.4. The third-order valence-electron chi connectivity index (χ3n) is 4.21. The van der Waals surface area contributed by atoms with E-state index in [-0.39, 0.29) is 6.04 Å². The van der Waals surface area contributed by atoms with Gasteiger partial charge in [-0.25, -0.2) is 0 Å². The number of hydrogen-bond acceptors (Lipinski definition) is 1. The van der Waals surface area contributed by atoms with Gasteiger partial charge in [-0.05, 0) is 41.5 Å². The number of nitrogens with one attached hydrogen (secondary N) is 1. The second-order valence-electron chi connectivity index (χ2n) is 6.05. The Balaban J connectivity index is 1.68. The Morgan fingerprint density at radius 3 is 2.50 bits per heavy atom. The Bertz CT molecular complexity index is 959. The van der Waals surface area contributed by atoms with Gasteiger partial charge < -0.3 is 0 Å². The van der Waals surface area contributed by atoms with Gasteiger partial charge in [-0.15, -0.1) is 0 Å². The van der Waals surface area contributed by atoms with Crippen LogP contribution in [0.5, 0.6) is 0 Å². The Kier molecular flexibility index (Phi) is 5.29. The van der Waals surface area contributed by atoms with Crippen LogP contribution in [0.1, 0.15) is 29.7 Å². The zero-order chi connectivity index (χ0) is 18.6. The Hall–Kier alpha value is -2.77. The van der Waals surface area contributed by atoms with E-state index in [1.165, 1.54) is 22.4 Å². The fourth-order valence-corrected chi connectivity index (χ4v) is 2.86. The van der Waals surface area contributed by atoms with Crippen LogP contribution in [-0.4, -0.2) is 6.54 Å². The summed E-state index contributed by atoms with van der Waals surface area (Å²) in [6, 6.07) is 19.5. The summed E-state index contributed by atoms with van der Waals surface area (Å²) in [6.45, 7) is 2.44. The number of alkyl halides is 3. The summed E-state index contributed by atoms with van der Waals surface area (Å²) < 4.78 is 38.2. The van der Waals surface area contributed by atoms with Gasteiger partial charge in [0.05, 0.1) is 12.1 Å². The Labute approximate surface area is 150 Å². The molecule has 0 bridgehead atoms. The predicted molar refractivity (Wildman–Crippen MR) is 98.7 cm³/mol. The van der Waals surface area contributed by atoms with E-state index in [9.17, 15) is 13.2 Å². The number of fused-ring (bicyclic) bond motifs is 1. The molecule has 0 aliphatic rings. The molecule has 1 atom stereocenters. The summed E-state index contributed by atoms with van der Waals surface area (Å²) in [5.41, 5.74) is 0.852. The van der Waals surface area contributed by atoms with Gasteiger partial charge in [0.15, 0.2) is 0 Å². The molecule has 4 heteroatoms. The summed E-state index contributed by atoms with van der Waals surface area (Å²) in [6.07, 6.45) is -4.35. The molecule has 0 fully saturated rings. The van der Waals surface area contributed by atoms with Crippen LogP contribution in [-0.2, 0) is 6.18 Å². The molecule has 3 aromatic rings. The van der Waals surface area contributed by atoms with Crippen LogP contribution < -0.4 is 5.32 Å². The van der Waals surface area contributed by atoms with Gasteiger partial charge in [0.25, 0.3) is 0 Å². The third-order valence-corrected chi connectivity index (χ3v) is 4.21. The predicted octanol–water partition coefficient (Wildman–Crippen LogP) is 5.56. The maximum absolute atomic E-state index is 12.7. The lowest BCUT2D eigenvalue weighted by molar-refractivity contribution is -0.137. The molecule has 26 heavy (non-hydrogen) atoms. The molecule has 0 radical (unpaired) electrons. The van der Waals surface area contributed by atoms with Crippen LogP contribution in [0.25, 0.3) is 10.8 Å². The van der Waals surface area contributed by atoms with E-state index in [4.69, 9.17) is 0 Å². The van der Waals surface area contributed by atoms with Crippen LogP contribution in [0.3, 0.4) is 0 Å². The van der Waals surface area contributed by atoms with Gasteiger partial charge in [-0.1, -0.05) is 60.4 Å². The minimum Gasteiger partial charge on any atom is -0.300 e. The van der Waals surface area contributed by atoms with E-state index in [2.05, 4.69) is 41.4 Å². The summed E-state index contributed by atoms with van der Waals surface area (Å²) >= 11 is 0. The van der Waals surface area contributed by atoms with Gasteiger partial charge in [0.1, 0.15) is 0 Å². The van der Waals surface area contributed by atoms with Crippen molar-refractivity contribution in [1.29, 1.82) is 0 Å². The maximum Gasteiger partial charge on any atom is 0.416 e. The molecule has 0 aromatic heterocycles. The molecule has 132 valence electrons. The normalized spacial score (nSPS) is 12.5. The SMILES string of the molecule is C[C@H](NCC#Cc1cccc(C(F)(F)F)c1)c1cccc2ccccc12. The molecule has 3 aromatic carbocycles. The summed E-state index contributed by atoms with van der Waals surface area (Å²) in [5, 5.41) is 5.67. The fraction of sp³-hybridized carbons (Fsp3) is 0.182. The molecule has 1 nitrogen and oxygen atoms in total. The van der Waals surface area contributed by atoms with Crippen molar-refractivity contribution in [2.24, 2.45) is 0 Å². The monoisotopic (exact) mass is 353 g/mol. The van der Waals surface area contributed by atoms with E-state index < -0.39 is 11.7 Å². The van der Waals surface area contributed by atoms with Crippen LogP contribution in [0.2, 0.25) is 0 Å². The molecule has 0 aliphatic carbocycles. The number of hydrogen-bond donors (Lipinski definition) is 1. The van der Waals surface area contributed by atoms with Crippen molar-refractivity contribution in [3.8, 4) is 11.8 Å². The number of halogens is 3. The number of benzene rings is 3. The minimum absolute atomic E-state index is 0.0805. The van der Waals surface area contributed by atoms with Crippen molar-refractivity contribution >= 4 is 10.8 Å². The van der Waals surface area contributed by atoms with Crippen LogP contribution in [0.15, 0.2) is 66.7 Å².